The van der Waals surface area contributed by atoms with Gasteiger partial charge in [-0.05, 0) is 29.3 Å². The third kappa shape index (κ3) is 3.31. The van der Waals surface area contributed by atoms with Crippen LogP contribution in [0, 0.1) is 11.3 Å². The van der Waals surface area contributed by atoms with Crippen LogP contribution in [0.5, 0.6) is 0 Å². The molecule has 21 heavy (non-hydrogen) atoms. The molecule has 0 saturated heterocycles. The van der Waals surface area contributed by atoms with Crippen molar-refractivity contribution < 1.29 is 4.52 Å². The molecule has 102 valence electrons. The van der Waals surface area contributed by atoms with Crippen molar-refractivity contribution in [2.75, 3.05) is 0 Å². The number of hydrogen-bond donors (Lipinski definition) is 0. The Bertz CT molecular complexity index is 757. The molecule has 0 bridgehead atoms. The summed E-state index contributed by atoms with van der Waals surface area (Å²) in [5, 5.41) is 12.7. The molecule has 1 aromatic carbocycles. The summed E-state index contributed by atoms with van der Waals surface area (Å²) in [6.07, 6.45) is 4.68. The van der Waals surface area contributed by atoms with E-state index in [2.05, 4.69) is 21.2 Å². The second-order valence-corrected chi connectivity index (χ2v) is 4.63. The van der Waals surface area contributed by atoms with E-state index < -0.39 is 0 Å². The van der Waals surface area contributed by atoms with Gasteiger partial charge >= 0.3 is 0 Å². The highest BCUT2D eigenvalue weighted by Crippen LogP contribution is 2.11. The van der Waals surface area contributed by atoms with Crippen LogP contribution in [0.1, 0.15) is 28.4 Å². The molecule has 0 fully saturated rings. The van der Waals surface area contributed by atoms with Gasteiger partial charge in [-0.1, -0.05) is 23.4 Å². The van der Waals surface area contributed by atoms with Gasteiger partial charge in [0, 0.05) is 18.8 Å². The summed E-state index contributed by atoms with van der Waals surface area (Å²) in [6, 6.07) is 13.3. The fourth-order valence-corrected chi connectivity index (χ4v) is 1.99. The van der Waals surface area contributed by atoms with E-state index in [0.29, 0.717) is 30.1 Å². The van der Waals surface area contributed by atoms with Gasteiger partial charge in [0.2, 0.25) is 5.89 Å². The van der Waals surface area contributed by atoms with Crippen molar-refractivity contribution in [1.82, 2.24) is 15.1 Å². The molecule has 0 amide bonds. The Labute approximate surface area is 121 Å². The molecule has 0 N–H and O–H groups in total. The van der Waals surface area contributed by atoms with Gasteiger partial charge in [-0.15, -0.1) is 0 Å². The number of pyridine rings is 1. The highest BCUT2D eigenvalue weighted by Gasteiger charge is 2.08. The van der Waals surface area contributed by atoms with Crippen molar-refractivity contribution >= 4 is 0 Å². The van der Waals surface area contributed by atoms with E-state index in [0.717, 1.165) is 11.1 Å². The van der Waals surface area contributed by atoms with Gasteiger partial charge in [0.15, 0.2) is 5.82 Å². The first-order valence-corrected chi connectivity index (χ1v) is 6.53. The molecule has 0 aliphatic carbocycles. The maximum Gasteiger partial charge on any atom is 0.231 e. The molecule has 0 saturated carbocycles. The van der Waals surface area contributed by atoms with Gasteiger partial charge in [0.25, 0.3) is 0 Å². The minimum atomic E-state index is 0.561. The number of rotatable bonds is 4. The van der Waals surface area contributed by atoms with Crippen LogP contribution in [0.2, 0.25) is 0 Å². The van der Waals surface area contributed by atoms with Gasteiger partial charge in [0.1, 0.15) is 0 Å². The Balaban J connectivity index is 1.68. The van der Waals surface area contributed by atoms with Gasteiger partial charge in [-0.3, -0.25) is 4.98 Å². The van der Waals surface area contributed by atoms with Crippen molar-refractivity contribution in [3.8, 4) is 6.07 Å². The van der Waals surface area contributed by atoms with Crippen LogP contribution in [0.3, 0.4) is 0 Å². The third-order valence-corrected chi connectivity index (χ3v) is 3.03. The van der Waals surface area contributed by atoms with E-state index in [1.165, 1.54) is 0 Å². The summed E-state index contributed by atoms with van der Waals surface area (Å²) in [5.41, 5.74) is 2.72. The molecule has 0 atom stereocenters. The largest absolute Gasteiger partial charge is 0.339 e. The SMILES string of the molecule is N#Cc1ccc(Cc2nc(Cc3cccnc3)no2)cc1. The Hall–Kier alpha value is -3.00. The van der Waals surface area contributed by atoms with E-state index in [1.807, 2.05) is 24.3 Å². The third-order valence-electron chi connectivity index (χ3n) is 3.03. The van der Waals surface area contributed by atoms with E-state index >= 15 is 0 Å². The van der Waals surface area contributed by atoms with Crippen LogP contribution in [0.25, 0.3) is 0 Å². The molecule has 3 aromatic rings. The first-order valence-electron chi connectivity index (χ1n) is 6.53. The van der Waals surface area contributed by atoms with Gasteiger partial charge in [0.05, 0.1) is 18.1 Å². The van der Waals surface area contributed by atoms with Crippen molar-refractivity contribution in [1.29, 1.82) is 5.26 Å². The van der Waals surface area contributed by atoms with E-state index in [-0.39, 0.29) is 0 Å². The number of nitrogens with zero attached hydrogens (tertiary/aromatic N) is 4. The van der Waals surface area contributed by atoms with Crippen LogP contribution < -0.4 is 0 Å². The van der Waals surface area contributed by atoms with E-state index in [4.69, 9.17) is 9.78 Å². The van der Waals surface area contributed by atoms with Crippen LogP contribution in [-0.2, 0) is 12.8 Å². The topological polar surface area (TPSA) is 75.6 Å². The smallest absolute Gasteiger partial charge is 0.231 e. The number of benzene rings is 1. The number of hydrogen-bond acceptors (Lipinski definition) is 5. The lowest BCUT2D eigenvalue weighted by atomic mass is 10.1. The average molecular weight is 276 g/mol. The molecule has 0 aliphatic rings. The van der Waals surface area contributed by atoms with Gasteiger partial charge in [-0.2, -0.15) is 10.2 Å². The lowest BCUT2D eigenvalue weighted by Crippen LogP contribution is -1.93. The molecule has 0 aliphatic heterocycles. The molecule has 2 aromatic heterocycles. The van der Waals surface area contributed by atoms with Crippen molar-refractivity contribution in [3.63, 3.8) is 0 Å². The summed E-state index contributed by atoms with van der Waals surface area (Å²) in [5.74, 6) is 1.21. The predicted molar refractivity (Wildman–Crippen MR) is 75.3 cm³/mol. The zero-order valence-electron chi connectivity index (χ0n) is 11.2. The first kappa shape index (κ1) is 13.0. The predicted octanol–water partition coefficient (Wildman–Crippen LogP) is 2.52. The second kappa shape index (κ2) is 5.97. The highest BCUT2D eigenvalue weighted by molar-refractivity contribution is 5.32. The van der Waals surface area contributed by atoms with Crippen molar-refractivity contribution in [3.05, 3.63) is 77.2 Å². The highest BCUT2D eigenvalue weighted by atomic mass is 16.5. The molecule has 5 heteroatoms. The van der Waals surface area contributed by atoms with Crippen LogP contribution >= 0.6 is 0 Å². The number of aromatic nitrogens is 3. The summed E-state index contributed by atoms with van der Waals surface area (Å²) >= 11 is 0. The maximum absolute atomic E-state index is 8.77. The Morgan fingerprint density at radius 1 is 1.05 bits per heavy atom. The summed E-state index contributed by atoms with van der Waals surface area (Å²) in [4.78, 5) is 8.43. The molecular formula is C16H12N4O. The van der Waals surface area contributed by atoms with E-state index in [1.54, 1.807) is 24.5 Å². The minimum Gasteiger partial charge on any atom is -0.339 e. The van der Waals surface area contributed by atoms with Crippen molar-refractivity contribution in [2.24, 2.45) is 0 Å². The maximum atomic E-state index is 8.77. The lowest BCUT2D eigenvalue weighted by molar-refractivity contribution is 0.380. The van der Waals surface area contributed by atoms with Gasteiger partial charge < -0.3 is 4.52 Å². The van der Waals surface area contributed by atoms with Crippen molar-refractivity contribution in [2.45, 2.75) is 12.8 Å². The van der Waals surface area contributed by atoms with Gasteiger partial charge in [-0.25, -0.2) is 0 Å². The van der Waals surface area contributed by atoms with Crippen LogP contribution in [-0.4, -0.2) is 15.1 Å². The molecule has 0 unspecified atom stereocenters. The fraction of sp³-hybridized carbons (Fsp3) is 0.125. The molecule has 2 heterocycles. The summed E-state index contributed by atoms with van der Waals surface area (Å²) < 4.78 is 5.25. The number of nitriles is 1. The molecule has 5 nitrogen and oxygen atoms in total. The molecule has 0 spiro atoms. The molecular weight excluding hydrogens is 264 g/mol. The Morgan fingerprint density at radius 3 is 2.62 bits per heavy atom. The molecule has 0 radical (unpaired) electrons. The molecule has 3 rings (SSSR count). The second-order valence-electron chi connectivity index (χ2n) is 4.63. The Kier molecular flexibility index (Phi) is 3.70. The minimum absolute atomic E-state index is 0.561. The monoisotopic (exact) mass is 276 g/mol. The Morgan fingerprint density at radius 2 is 1.90 bits per heavy atom. The van der Waals surface area contributed by atoms with E-state index in [9.17, 15) is 0 Å². The summed E-state index contributed by atoms with van der Waals surface area (Å²) in [7, 11) is 0. The first-order chi connectivity index (χ1) is 10.3. The summed E-state index contributed by atoms with van der Waals surface area (Å²) in [6.45, 7) is 0. The lowest BCUT2D eigenvalue weighted by Gasteiger charge is -1.96. The zero-order chi connectivity index (χ0) is 14.5. The standard InChI is InChI=1S/C16H12N4O/c17-10-13-5-3-12(4-6-13)9-16-19-15(20-21-16)8-14-2-1-7-18-11-14/h1-7,11H,8-9H2. The van der Waals surface area contributed by atoms with Crippen LogP contribution in [0.15, 0.2) is 53.3 Å². The average Bonchev–Trinajstić information content (AvgIpc) is 2.96. The zero-order valence-corrected chi connectivity index (χ0v) is 11.2. The fourth-order valence-electron chi connectivity index (χ4n) is 1.99. The van der Waals surface area contributed by atoms with Crippen LogP contribution in [0.4, 0.5) is 0 Å². The quantitative estimate of drug-likeness (QED) is 0.731. The normalized spacial score (nSPS) is 10.2.